The average Bonchev–Trinajstić information content (AvgIpc) is 2.53. The largest absolute Gasteiger partial charge is 0.364 e. The molecule has 0 aliphatic rings. The number of aromatic nitrogens is 3. The van der Waals surface area contributed by atoms with Crippen LogP contribution in [0.5, 0.6) is 0 Å². The van der Waals surface area contributed by atoms with Crippen molar-refractivity contribution < 1.29 is 0 Å². The van der Waals surface area contributed by atoms with Gasteiger partial charge in [0.25, 0.3) is 0 Å². The molecule has 1 N–H and O–H groups in total. The molecule has 5 nitrogen and oxygen atoms in total. The van der Waals surface area contributed by atoms with Crippen LogP contribution in [-0.4, -0.2) is 33.9 Å². The fourth-order valence-corrected chi connectivity index (χ4v) is 2.29. The second kappa shape index (κ2) is 6.49. The van der Waals surface area contributed by atoms with Crippen LogP contribution < -0.4 is 5.32 Å². The van der Waals surface area contributed by atoms with Gasteiger partial charge in [0, 0.05) is 11.6 Å². The molecule has 3 aromatic rings. The Morgan fingerprint density at radius 1 is 1.00 bits per heavy atom. The number of benzene rings is 1. The van der Waals surface area contributed by atoms with Crippen molar-refractivity contribution in [3.05, 3.63) is 60.2 Å². The van der Waals surface area contributed by atoms with Crippen LogP contribution in [0.4, 0.5) is 5.82 Å². The number of pyridine rings is 1. The first-order valence-electron chi connectivity index (χ1n) is 7.26. The normalized spacial score (nSPS) is 11.0. The van der Waals surface area contributed by atoms with Crippen LogP contribution >= 0.6 is 0 Å². The minimum absolute atomic E-state index is 0.642. The van der Waals surface area contributed by atoms with Gasteiger partial charge in [0.2, 0.25) is 0 Å². The van der Waals surface area contributed by atoms with Crippen LogP contribution in [0.3, 0.4) is 0 Å². The average molecular weight is 293 g/mol. The Balaban J connectivity index is 1.92. The van der Waals surface area contributed by atoms with Gasteiger partial charge in [-0.25, -0.2) is 9.97 Å². The number of nitrogens with zero attached hydrogens (tertiary/aromatic N) is 4. The molecule has 2 aromatic heterocycles. The fourth-order valence-electron chi connectivity index (χ4n) is 2.29. The zero-order valence-corrected chi connectivity index (χ0v) is 12.8. The van der Waals surface area contributed by atoms with E-state index in [1.807, 2.05) is 56.6 Å². The zero-order chi connectivity index (χ0) is 15.4. The summed E-state index contributed by atoms with van der Waals surface area (Å²) in [6, 6.07) is 14.0. The van der Waals surface area contributed by atoms with Crippen molar-refractivity contribution in [3.63, 3.8) is 0 Å². The molecular weight excluding hydrogens is 274 g/mol. The number of anilines is 1. The Morgan fingerprint density at radius 2 is 1.82 bits per heavy atom. The van der Waals surface area contributed by atoms with Gasteiger partial charge in [-0.05, 0) is 38.4 Å². The maximum Gasteiger partial charge on any atom is 0.145 e. The van der Waals surface area contributed by atoms with Gasteiger partial charge in [-0.1, -0.05) is 18.2 Å². The number of fused-ring (bicyclic) bond motifs is 1. The molecule has 0 bridgehead atoms. The van der Waals surface area contributed by atoms with Crippen molar-refractivity contribution in [2.45, 2.75) is 13.1 Å². The minimum atomic E-state index is 0.642. The van der Waals surface area contributed by atoms with Gasteiger partial charge < -0.3 is 10.2 Å². The molecule has 112 valence electrons. The molecule has 5 heteroatoms. The molecule has 22 heavy (non-hydrogen) atoms. The van der Waals surface area contributed by atoms with Crippen LogP contribution in [0.25, 0.3) is 10.9 Å². The molecule has 0 aliphatic heterocycles. The second-order valence-electron chi connectivity index (χ2n) is 5.42. The Kier molecular flexibility index (Phi) is 4.25. The first-order valence-corrected chi connectivity index (χ1v) is 7.26. The topological polar surface area (TPSA) is 53.9 Å². The summed E-state index contributed by atoms with van der Waals surface area (Å²) in [6.07, 6.45) is 1.80. The van der Waals surface area contributed by atoms with E-state index in [4.69, 9.17) is 0 Å². The minimum Gasteiger partial charge on any atom is -0.364 e. The standard InChI is InChI=1S/C17H19N5/c1-22(2)12-16-20-15-9-4-3-8-14(15)17(21-16)19-11-13-7-5-6-10-18-13/h3-10H,11-12H2,1-2H3,(H,19,20,21). The van der Waals surface area contributed by atoms with E-state index in [0.717, 1.165) is 28.2 Å². The predicted molar refractivity (Wildman–Crippen MR) is 88.5 cm³/mol. The molecule has 0 unspecified atom stereocenters. The third kappa shape index (κ3) is 3.38. The highest BCUT2D eigenvalue weighted by molar-refractivity contribution is 5.88. The van der Waals surface area contributed by atoms with E-state index in [9.17, 15) is 0 Å². The van der Waals surface area contributed by atoms with Crippen molar-refractivity contribution in [1.82, 2.24) is 19.9 Å². The van der Waals surface area contributed by atoms with E-state index in [2.05, 4.69) is 25.2 Å². The van der Waals surface area contributed by atoms with Crippen LogP contribution in [0, 0.1) is 0 Å². The van der Waals surface area contributed by atoms with E-state index in [1.54, 1.807) is 6.20 Å². The molecule has 0 amide bonds. The van der Waals surface area contributed by atoms with Crippen LogP contribution in [0.1, 0.15) is 11.5 Å². The molecule has 1 aromatic carbocycles. The monoisotopic (exact) mass is 293 g/mol. The molecule has 0 saturated heterocycles. The van der Waals surface area contributed by atoms with Gasteiger partial charge in [-0.2, -0.15) is 0 Å². The second-order valence-corrected chi connectivity index (χ2v) is 5.42. The van der Waals surface area contributed by atoms with Crippen LogP contribution in [0.15, 0.2) is 48.7 Å². The van der Waals surface area contributed by atoms with Gasteiger partial charge in [-0.15, -0.1) is 0 Å². The van der Waals surface area contributed by atoms with Gasteiger partial charge >= 0.3 is 0 Å². The van der Waals surface area contributed by atoms with Gasteiger partial charge in [0.15, 0.2) is 0 Å². The molecular formula is C17H19N5. The van der Waals surface area contributed by atoms with Crippen molar-refractivity contribution in [2.24, 2.45) is 0 Å². The number of hydrogen-bond acceptors (Lipinski definition) is 5. The SMILES string of the molecule is CN(C)Cc1nc(NCc2ccccn2)c2ccccc2n1. The smallest absolute Gasteiger partial charge is 0.145 e. The van der Waals surface area contributed by atoms with E-state index < -0.39 is 0 Å². The maximum absolute atomic E-state index is 4.66. The Bertz CT molecular complexity index is 755. The lowest BCUT2D eigenvalue weighted by atomic mass is 10.2. The van der Waals surface area contributed by atoms with E-state index >= 15 is 0 Å². The van der Waals surface area contributed by atoms with E-state index in [0.29, 0.717) is 13.1 Å². The first kappa shape index (κ1) is 14.4. The van der Waals surface area contributed by atoms with Crippen molar-refractivity contribution in [3.8, 4) is 0 Å². The summed E-state index contributed by atoms with van der Waals surface area (Å²) in [5.74, 6) is 1.67. The van der Waals surface area contributed by atoms with Crippen molar-refractivity contribution in [2.75, 3.05) is 19.4 Å². The summed E-state index contributed by atoms with van der Waals surface area (Å²) in [5, 5.41) is 4.41. The fraction of sp³-hybridized carbons (Fsp3) is 0.235. The van der Waals surface area contributed by atoms with E-state index in [-0.39, 0.29) is 0 Å². The van der Waals surface area contributed by atoms with Crippen LogP contribution in [0.2, 0.25) is 0 Å². The van der Waals surface area contributed by atoms with Gasteiger partial charge in [0.1, 0.15) is 11.6 Å². The predicted octanol–water partition coefficient (Wildman–Crippen LogP) is 2.70. The molecule has 0 fully saturated rings. The highest BCUT2D eigenvalue weighted by Crippen LogP contribution is 2.20. The number of rotatable bonds is 5. The lowest BCUT2D eigenvalue weighted by Gasteiger charge is -2.13. The molecule has 0 atom stereocenters. The third-order valence-electron chi connectivity index (χ3n) is 3.27. The molecule has 0 spiro atoms. The Hall–Kier alpha value is -2.53. The Morgan fingerprint density at radius 3 is 2.59 bits per heavy atom. The van der Waals surface area contributed by atoms with E-state index in [1.165, 1.54) is 0 Å². The molecule has 0 saturated carbocycles. The molecule has 0 aliphatic carbocycles. The van der Waals surface area contributed by atoms with Crippen molar-refractivity contribution in [1.29, 1.82) is 0 Å². The Labute approximate surface area is 130 Å². The number of nitrogens with one attached hydrogen (secondary N) is 1. The summed E-state index contributed by atoms with van der Waals surface area (Å²) in [6.45, 7) is 1.35. The summed E-state index contributed by atoms with van der Waals surface area (Å²) < 4.78 is 0. The zero-order valence-electron chi connectivity index (χ0n) is 12.8. The summed E-state index contributed by atoms with van der Waals surface area (Å²) in [7, 11) is 4.03. The molecule has 3 rings (SSSR count). The summed E-state index contributed by atoms with van der Waals surface area (Å²) in [4.78, 5) is 15.7. The number of para-hydroxylation sites is 1. The van der Waals surface area contributed by atoms with Gasteiger partial charge in [-0.3, -0.25) is 4.98 Å². The summed E-state index contributed by atoms with van der Waals surface area (Å²) in [5.41, 5.74) is 1.94. The first-order chi connectivity index (χ1) is 10.7. The quantitative estimate of drug-likeness (QED) is 0.784. The highest BCUT2D eigenvalue weighted by atomic mass is 15.1. The third-order valence-corrected chi connectivity index (χ3v) is 3.27. The lowest BCUT2D eigenvalue weighted by Crippen LogP contribution is -2.14. The van der Waals surface area contributed by atoms with Crippen LogP contribution in [-0.2, 0) is 13.1 Å². The molecule has 2 heterocycles. The molecule has 0 radical (unpaired) electrons. The van der Waals surface area contributed by atoms with Crippen molar-refractivity contribution >= 4 is 16.7 Å². The summed E-state index contributed by atoms with van der Waals surface area (Å²) >= 11 is 0. The maximum atomic E-state index is 4.66. The number of hydrogen-bond donors (Lipinski definition) is 1. The highest BCUT2D eigenvalue weighted by Gasteiger charge is 2.08. The van der Waals surface area contributed by atoms with Gasteiger partial charge in [0.05, 0.1) is 24.3 Å². The lowest BCUT2D eigenvalue weighted by molar-refractivity contribution is 0.391.